The van der Waals surface area contributed by atoms with Crippen LogP contribution < -0.4 is 0 Å². The highest BCUT2D eigenvalue weighted by molar-refractivity contribution is 8.02. The molecule has 4 rings (SSSR count). The molecule has 0 fully saturated rings. The SMILES string of the molecule is C1=CSC(c2cc3sc(-c4cccs4)cc3s2)C1. The second-order valence-electron chi connectivity index (χ2n) is 4.20. The quantitative estimate of drug-likeness (QED) is 0.529. The summed E-state index contributed by atoms with van der Waals surface area (Å²) in [5, 5.41) is 5.05. The van der Waals surface area contributed by atoms with Crippen LogP contribution in [0.3, 0.4) is 0 Å². The van der Waals surface area contributed by atoms with Crippen molar-refractivity contribution in [2.24, 2.45) is 0 Å². The summed E-state index contributed by atoms with van der Waals surface area (Å²) < 4.78 is 2.90. The van der Waals surface area contributed by atoms with E-state index in [1.165, 1.54) is 30.5 Å². The van der Waals surface area contributed by atoms with Crippen molar-refractivity contribution >= 4 is 55.2 Å². The van der Waals surface area contributed by atoms with E-state index in [-0.39, 0.29) is 0 Å². The minimum Gasteiger partial charge on any atom is -0.143 e. The van der Waals surface area contributed by atoms with Gasteiger partial charge in [-0.25, -0.2) is 0 Å². The summed E-state index contributed by atoms with van der Waals surface area (Å²) in [7, 11) is 0. The highest BCUT2D eigenvalue weighted by Crippen LogP contribution is 2.46. The number of rotatable bonds is 2. The van der Waals surface area contributed by atoms with Gasteiger partial charge in [0.1, 0.15) is 0 Å². The van der Waals surface area contributed by atoms with Crippen LogP contribution in [-0.2, 0) is 0 Å². The van der Waals surface area contributed by atoms with Gasteiger partial charge in [0.05, 0.1) is 0 Å². The Balaban J connectivity index is 1.73. The van der Waals surface area contributed by atoms with Gasteiger partial charge in [0.2, 0.25) is 0 Å². The molecule has 90 valence electrons. The Kier molecular flexibility index (Phi) is 2.84. The third kappa shape index (κ3) is 1.88. The van der Waals surface area contributed by atoms with Gasteiger partial charge in [0, 0.05) is 29.3 Å². The first kappa shape index (κ1) is 11.3. The van der Waals surface area contributed by atoms with E-state index in [9.17, 15) is 0 Å². The summed E-state index contributed by atoms with van der Waals surface area (Å²) >= 11 is 7.67. The maximum Gasteiger partial charge on any atom is 0.0467 e. The number of thioether (sulfide) groups is 1. The first-order valence-corrected chi connectivity index (χ1v) is 9.23. The van der Waals surface area contributed by atoms with Crippen LogP contribution in [0.2, 0.25) is 0 Å². The predicted octanol–water partition coefficient (Wildman–Crippen LogP) is 6.38. The third-order valence-electron chi connectivity index (χ3n) is 3.00. The zero-order chi connectivity index (χ0) is 11.9. The van der Waals surface area contributed by atoms with Crippen molar-refractivity contribution in [2.45, 2.75) is 11.7 Å². The van der Waals surface area contributed by atoms with E-state index < -0.39 is 0 Å². The first-order valence-electron chi connectivity index (χ1n) is 5.78. The Morgan fingerprint density at radius 1 is 1.06 bits per heavy atom. The maximum atomic E-state index is 2.40. The lowest BCUT2D eigenvalue weighted by atomic mass is 10.2. The molecule has 1 unspecified atom stereocenters. The van der Waals surface area contributed by atoms with E-state index in [1.807, 2.05) is 45.8 Å². The smallest absolute Gasteiger partial charge is 0.0467 e. The van der Waals surface area contributed by atoms with Gasteiger partial charge in [-0.2, -0.15) is 0 Å². The maximum absolute atomic E-state index is 2.40. The second-order valence-corrected chi connectivity index (χ2v) is 8.46. The Bertz CT molecular complexity index is 660. The number of hydrogen-bond donors (Lipinski definition) is 0. The molecule has 1 aliphatic heterocycles. The van der Waals surface area contributed by atoms with Crippen molar-refractivity contribution < 1.29 is 0 Å². The van der Waals surface area contributed by atoms with Gasteiger partial charge in [-0.05, 0) is 35.4 Å². The summed E-state index contributed by atoms with van der Waals surface area (Å²) in [5.41, 5.74) is 0. The topological polar surface area (TPSA) is 0 Å². The van der Waals surface area contributed by atoms with Crippen LogP contribution >= 0.6 is 45.8 Å². The van der Waals surface area contributed by atoms with E-state index in [2.05, 4.69) is 41.1 Å². The van der Waals surface area contributed by atoms with Crippen LogP contribution in [0.5, 0.6) is 0 Å². The van der Waals surface area contributed by atoms with Crippen molar-refractivity contribution in [3.63, 3.8) is 0 Å². The van der Waals surface area contributed by atoms with Crippen LogP contribution in [0, 0.1) is 0 Å². The average Bonchev–Trinajstić information content (AvgIpc) is 3.13. The summed E-state index contributed by atoms with van der Waals surface area (Å²) in [6.07, 6.45) is 3.47. The lowest BCUT2D eigenvalue weighted by Crippen LogP contribution is -1.81. The monoisotopic (exact) mass is 306 g/mol. The summed E-state index contributed by atoms with van der Waals surface area (Å²) in [6.45, 7) is 0. The van der Waals surface area contributed by atoms with Gasteiger partial charge in [0.25, 0.3) is 0 Å². The number of allylic oxidation sites excluding steroid dienone is 1. The fourth-order valence-electron chi connectivity index (χ4n) is 2.12. The Morgan fingerprint density at radius 3 is 2.72 bits per heavy atom. The van der Waals surface area contributed by atoms with E-state index in [4.69, 9.17) is 0 Å². The molecule has 4 heteroatoms. The molecular formula is C14H10S4. The molecule has 3 aromatic heterocycles. The Hall–Kier alpha value is -0.550. The molecule has 1 atom stereocenters. The molecule has 0 spiro atoms. The molecule has 0 saturated heterocycles. The molecule has 0 saturated carbocycles. The highest BCUT2D eigenvalue weighted by atomic mass is 32.2. The Labute approximate surface area is 122 Å². The molecule has 3 aromatic rings. The van der Waals surface area contributed by atoms with Crippen molar-refractivity contribution in [1.29, 1.82) is 0 Å². The summed E-state index contributed by atoms with van der Waals surface area (Å²) in [4.78, 5) is 4.33. The molecule has 0 aliphatic carbocycles. The zero-order valence-corrected chi connectivity index (χ0v) is 12.7. The van der Waals surface area contributed by atoms with E-state index in [1.54, 1.807) is 0 Å². The van der Waals surface area contributed by atoms with Crippen LogP contribution in [0.25, 0.3) is 19.2 Å². The van der Waals surface area contributed by atoms with E-state index in [0.29, 0.717) is 5.25 Å². The number of hydrogen-bond acceptors (Lipinski definition) is 4. The van der Waals surface area contributed by atoms with Gasteiger partial charge < -0.3 is 0 Å². The van der Waals surface area contributed by atoms with Crippen LogP contribution in [0.4, 0.5) is 0 Å². The highest BCUT2D eigenvalue weighted by Gasteiger charge is 2.17. The lowest BCUT2D eigenvalue weighted by Gasteiger charge is -2.03. The van der Waals surface area contributed by atoms with Gasteiger partial charge in [-0.3, -0.25) is 0 Å². The number of fused-ring (bicyclic) bond motifs is 1. The lowest BCUT2D eigenvalue weighted by molar-refractivity contribution is 1.02. The molecule has 0 bridgehead atoms. The fourth-order valence-corrected chi connectivity index (χ4v) is 6.50. The number of thiophene rings is 3. The minimum atomic E-state index is 0.666. The van der Waals surface area contributed by atoms with Crippen molar-refractivity contribution in [3.8, 4) is 9.75 Å². The van der Waals surface area contributed by atoms with Crippen LogP contribution in [-0.4, -0.2) is 0 Å². The zero-order valence-electron chi connectivity index (χ0n) is 9.46. The molecule has 18 heavy (non-hydrogen) atoms. The summed E-state index contributed by atoms with van der Waals surface area (Å²) in [5.74, 6) is 0. The van der Waals surface area contributed by atoms with Crippen molar-refractivity contribution in [2.75, 3.05) is 0 Å². The summed E-state index contributed by atoms with van der Waals surface area (Å²) in [6, 6.07) is 9.08. The van der Waals surface area contributed by atoms with Gasteiger partial charge >= 0.3 is 0 Å². The fraction of sp³-hybridized carbons (Fsp3) is 0.143. The van der Waals surface area contributed by atoms with Crippen molar-refractivity contribution in [3.05, 3.63) is 46.0 Å². The standard InChI is InChI=1S/C14H10S4/c1-3-9(15-5-1)11-7-13-14(17-11)8-12(18-13)10-4-2-6-16-10/h1-3,5-8,10H,4H2. The molecule has 0 aromatic carbocycles. The van der Waals surface area contributed by atoms with Crippen molar-refractivity contribution in [1.82, 2.24) is 0 Å². The van der Waals surface area contributed by atoms with Crippen LogP contribution in [0.1, 0.15) is 16.5 Å². The molecule has 0 radical (unpaired) electrons. The first-order chi connectivity index (χ1) is 8.90. The van der Waals surface area contributed by atoms with Crippen LogP contribution in [0.15, 0.2) is 41.1 Å². The molecule has 1 aliphatic rings. The van der Waals surface area contributed by atoms with Gasteiger partial charge in [0.15, 0.2) is 0 Å². The van der Waals surface area contributed by atoms with Gasteiger partial charge in [-0.15, -0.1) is 45.8 Å². The van der Waals surface area contributed by atoms with E-state index >= 15 is 0 Å². The molecular weight excluding hydrogens is 296 g/mol. The molecule has 0 nitrogen and oxygen atoms in total. The Morgan fingerprint density at radius 2 is 2.00 bits per heavy atom. The van der Waals surface area contributed by atoms with E-state index in [0.717, 1.165) is 0 Å². The predicted molar refractivity (Wildman–Crippen MR) is 87.1 cm³/mol. The molecule has 0 N–H and O–H groups in total. The molecule has 0 amide bonds. The van der Waals surface area contributed by atoms with Gasteiger partial charge in [-0.1, -0.05) is 12.1 Å². The third-order valence-corrected chi connectivity index (χ3v) is 7.74. The minimum absolute atomic E-state index is 0.666. The average molecular weight is 307 g/mol. The second kappa shape index (κ2) is 4.53. The molecule has 4 heterocycles. The largest absolute Gasteiger partial charge is 0.143 e. The normalized spacial score (nSPS) is 19.0.